The number of hydrogen-bond donors (Lipinski definition) is 1. The van der Waals surface area contributed by atoms with Crippen LogP contribution in [-0.4, -0.2) is 25.7 Å². The van der Waals surface area contributed by atoms with Crippen LogP contribution in [0, 0.1) is 0 Å². The van der Waals surface area contributed by atoms with E-state index in [0.717, 1.165) is 6.54 Å². The van der Waals surface area contributed by atoms with Gasteiger partial charge in [-0.25, -0.2) is 0 Å². The van der Waals surface area contributed by atoms with Crippen molar-refractivity contribution in [3.8, 4) is 0 Å². The normalized spacial score (nSPS) is 16.4. The largest absolute Gasteiger partial charge is 0.371 e. The van der Waals surface area contributed by atoms with Crippen molar-refractivity contribution in [2.24, 2.45) is 0 Å². The molecule has 1 aromatic carbocycles. The molecule has 18 heavy (non-hydrogen) atoms. The number of para-hydroxylation sites is 1. The molecule has 0 bridgehead atoms. The van der Waals surface area contributed by atoms with E-state index in [4.69, 9.17) is 0 Å². The Morgan fingerprint density at radius 2 is 2.17 bits per heavy atom. The Kier molecular flexibility index (Phi) is 5.06. The quantitative estimate of drug-likeness (QED) is 0.829. The van der Waals surface area contributed by atoms with Gasteiger partial charge in [0.25, 0.3) is 0 Å². The number of hydrogen-bond acceptors (Lipinski definition) is 2. The Labute approximate surface area is 111 Å². The van der Waals surface area contributed by atoms with Crippen LogP contribution in [0.4, 0.5) is 5.69 Å². The van der Waals surface area contributed by atoms with Gasteiger partial charge >= 0.3 is 0 Å². The van der Waals surface area contributed by atoms with Crippen LogP contribution in [0.2, 0.25) is 0 Å². The number of aryl methyl sites for hydroxylation is 1. The van der Waals surface area contributed by atoms with Gasteiger partial charge in [0.15, 0.2) is 0 Å². The van der Waals surface area contributed by atoms with E-state index in [1.165, 1.54) is 50.0 Å². The predicted octanol–water partition coefficient (Wildman–Crippen LogP) is 3.22. The fraction of sp³-hybridized carbons (Fsp3) is 0.625. The first-order valence-corrected chi connectivity index (χ1v) is 7.37. The van der Waals surface area contributed by atoms with Crippen LogP contribution in [0.25, 0.3) is 0 Å². The van der Waals surface area contributed by atoms with Crippen molar-refractivity contribution in [1.82, 2.24) is 5.32 Å². The van der Waals surface area contributed by atoms with Gasteiger partial charge < -0.3 is 10.2 Å². The lowest BCUT2D eigenvalue weighted by Gasteiger charge is -2.31. The zero-order valence-electron chi connectivity index (χ0n) is 11.8. The van der Waals surface area contributed by atoms with Gasteiger partial charge in [-0.05, 0) is 50.8 Å². The van der Waals surface area contributed by atoms with Crippen molar-refractivity contribution >= 4 is 5.69 Å². The zero-order chi connectivity index (χ0) is 12.8. The number of anilines is 1. The van der Waals surface area contributed by atoms with E-state index in [0.29, 0.717) is 6.04 Å². The van der Waals surface area contributed by atoms with E-state index >= 15 is 0 Å². The first kappa shape index (κ1) is 13.4. The molecular weight excluding hydrogens is 220 g/mol. The van der Waals surface area contributed by atoms with Gasteiger partial charge in [0, 0.05) is 24.8 Å². The van der Waals surface area contributed by atoms with E-state index in [1.54, 1.807) is 0 Å². The molecule has 0 aromatic heterocycles. The molecule has 1 aliphatic rings. The summed E-state index contributed by atoms with van der Waals surface area (Å²) in [6.07, 6.45) is 5.11. The maximum absolute atomic E-state index is 3.48. The number of nitrogens with zero attached hydrogens (tertiary/aromatic N) is 1. The van der Waals surface area contributed by atoms with Crippen molar-refractivity contribution < 1.29 is 0 Å². The molecule has 2 nitrogen and oxygen atoms in total. The first-order valence-electron chi connectivity index (χ1n) is 7.37. The highest BCUT2D eigenvalue weighted by Crippen LogP contribution is 2.26. The molecule has 0 fully saturated rings. The molecule has 0 amide bonds. The van der Waals surface area contributed by atoms with Gasteiger partial charge in [0.05, 0.1) is 0 Å². The van der Waals surface area contributed by atoms with Crippen molar-refractivity contribution in [3.63, 3.8) is 0 Å². The molecule has 0 spiro atoms. The summed E-state index contributed by atoms with van der Waals surface area (Å²) in [5, 5.41) is 3.48. The van der Waals surface area contributed by atoms with Gasteiger partial charge in [-0.15, -0.1) is 0 Å². The minimum Gasteiger partial charge on any atom is -0.371 e. The summed E-state index contributed by atoms with van der Waals surface area (Å²) in [7, 11) is 0. The highest BCUT2D eigenvalue weighted by Gasteiger charge is 2.15. The van der Waals surface area contributed by atoms with Crippen molar-refractivity contribution in [1.29, 1.82) is 0 Å². The lowest BCUT2D eigenvalue weighted by Crippen LogP contribution is -2.32. The zero-order valence-corrected chi connectivity index (χ0v) is 11.8. The minimum atomic E-state index is 0.648. The van der Waals surface area contributed by atoms with Crippen LogP contribution in [0.3, 0.4) is 0 Å². The van der Waals surface area contributed by atoms with E-state index in [9.17, 15) is 0 Å². The number of rotatable bonds is 6. The number of nitrogens with one attached hydrogen (secondary N) is 1. The molecule has 0 saturated carbocycles. The molecule has 1 unspecified atom stereocenters. The number of fused-ring (bicyclic) bond motifs is 1. The second-order valence-corrected chi connectivity index (χ2v) is 5.32. The Hall–Kier alpha value is -1.02. The SMILES string of the molecule is CCNC(C)CCCN1CCCc2ccccc21. The summed E-state index contributed by atoms with van der Waals surface area (Å²) in [5.74, 6) is 0. The van der Waals surface area contributed by atoms with E-state index in [-0.39, 0.29) is 0 Å². The Balaban J connectivity index is 1.84. The summed E-state index contributed by atoms with van der Waals surface area (Å²) >= 11 is 0. The highest BCUT2D eigenvalue weighted by atomic mass is 15.1. The monoisotopic (exact) mass is 246 g/mol. The average Bonchev–Trinajstić information content (AvgIpc) is 2.39. The van der Waals surface area contributed by atoms with Gasteiger partial charge in [-0.3, -0.25) is 0 Å². The molecule has 0 aliphatic carbocycles. The van der Waals surface area contributed by atoms with Gasteiger partial charge in [-0.2, -0.15) is 0 Å². The Morgan fingerprint density at radius 1 is 1.33 bits per heavy atom. The second-order valence-electron chi connectivity index (χ2n) is 5.32. The molecule has 1 heterocycles. The summed E-state index contributed by atoms with van der Waals surface area (Å²) in [4.78, 5) is 2.57. The fourth-order valence-corrected chi connectivity index (χ4v) is 2.88. The molecule has 1 N–H and O–H groups in total. The third kappa shape index (κ3) is 3.49. The van der Waals surface area contributed by atoms with Crippen LogP contribution >= 0.6 is 0 Å². The molecular formula is C16H26N2. The molecule has 2 heteroatoms. The molecule has 1 atom stereocenters. The molecule has 1 aliphatic heterocycles. The van der Waals surface area contributed by atoms with E-state index in [2.05, 4.69) is 48.3 Å². The van der Waals surface area contributed by atoms with Crippen molar-refractivity contribution in [2.45, 2.75) is 45.6 Å². The standard InChI is InChI=1S/C16H26N2/c1-3-17-14(2)8-6-12-18-13-7-10-15-9-4-5-11-16(15)18/h4-5,9,11,14,17H,3,6-8,10,12-13H2,1-2H3. The van der Waals surface area contributed by atoms with Crippen LogP contribution in [0.15, 0.2) is 24.3 Å². The average molecular weight is 246 g/mol. The van der Waals surface area contributed by atoms with Crippen LogP contribution in [0.5, 0.6) is 0 Å². The topological polar surface area (TPSA) is 15.3 Å². The molecule has 1 aromatic rings. The summed E-state index contributed by atoms with van der Waals surface area (Å²) in [5.41, 5.74) is 3.00. The van der Waals surface area contributed by atoms with Crippen molar-refractivity contribution in [3.05, 3.63) is 29.8 Å². The fourth-order valence-electron chi connectivity index (χ4n) is 2.88. The third-order valence-corrected chi connectivity index (χ3v) is 3.82. The lowest BCUT2D eigenvalue weighted by molar-refractivity contribution is 0.507. The minimum absolute atomic E-state index is 0.648. The van der Waals surface area contributed by atoms with Gasteiger partial charge in [0.2, 0.25) is 0 Å². The lowest BCUT2D eigenvalue weighted by atomic mass is 10.0. The molecule has 0 saturated heterocycles. The van der Waals surface area contributed by atoms with Crippen LogP contribution < -0.4 is 10.2 Å². The molecule has 2 rings (SSSR count). The van der Waals surface area contributed by atoms with Gasteiger partial charge in [0.1, 0.15) is 0 Å². The maximum atomic E-state index is 3.48. The highest BCUT2D eigenvalue weighted by molar-refractivity contribution is 5.55. The summed E-state index contributed by atoms with van der Waals surface area (Å²) < 4.78 is 0. The molecule has 0 radical (unpaired) electrons. The van der Waals surface area contributed by atoms with Crippen LogP contribution in [-0.2, 0) is 6.42 Å². The Morgan fingerprint density at radius 3 is 3.00 bits per heavy atom. The van der Waals surface area contributed by atoms with Gasteiger partial charge in [-0.1, -0.05) is 25.1 Å². The third-order valence-electron chi connectivity index (χ3n) is 3.82. The van der Waals surface area contributed by atoms with Crippen LogP contribution in [0.1, 0.15) is 38.7 Å². The summed E-state index contributed by atoms with van der Waals surface area (Å²) in [6, 6.07) is 9.54. The van der Waals surface area contributed by atoms with E-state index in [1.807, 2.05) is 0 Å². The predicted molar refractivity (Wildman–Crippen MR) is 79.3 cm³/mol. The van der Waals surface area contributed by atoms with E-state index < -0.39 is 0 Å². The number of benzene rings is 1. The second kappa shape index (κ2) is 6.79. The van der Waals surface area contributed by atoms with Crippen molar-refractivity contribution in [2.75, 3.05) is 24.5 Å². The summed E-state index contributed by atoms with van der Waals surface area (Å²) in [6.45, 7) is 7.97. The maximum Gasteiger partial charge on any atom is 0.0398 e. The smallest absolute Gasteiger partial charge is 0.0398 e. The Bertz CT molecular complexity index is 362. The first-order chi connectivity index (χ1) is 8.81. The molecule has 100 valence electrons.